The molecule has 0 aliphatic carbocycles. The van der Waals surface area contributed by atoms with E-state index < -0.39 is 0 Å². The van der Waals surface area contributed by atoms with Gasteiger partial charge in [0.15, 0.2) is 5.13 Å². The van der Waals surface area contributed by atoms with Gasteiger partial charge in [-0.2, -0.15) is 0 Å². The SMILES string of the molecule is CCOc1cccc2sc(N(CCC[NH+](C)C)C(=O)Cc3ccc(F)cc3)nc12. The number of amides is 1. The lowest BCUT2D eigenvalue weighted by Crippen LogP contribution is -3.05. The predicted molar refractivity (Wildman–Crippen MR) is 116 cm³/mol. The minimum atomic E-state index is -0.304. The Labute approximate surface area is 174 Å². The second-order valence-electron chi connectivity index (χ2n) is 7.19. The van der Waals surface area contributed by atoms with Crippen LogP contribution in [0.1, 0.15) is 18.9 Å². The van der Waals surface area contributed by atoms with Crippen LogP contribution in [0.15, 0.2) is 42.5 Å². The molecular formula is C22H27FN3O2S+. The van der Waals surface area contributed by atoms with Gasteiger partial charge in [-0.05, 0) is 36.8 Å². The van der Waals surface area contributed by atoms with Crippen LogP contribution in [-0.2, 0) is 11.2 Å². The minimum absolute atomic E-state index is 0.0395. The number of benzene rings is 2. The molecule has 1 N–H and O–H groups in total. The first-order chi connectivity index (χ1) is 14.0. The molecule has 3 aromatic rings. The summed E-state index contributed by atoms with van der Waals surface area (Å²) in [5.41, 5.74) is 1.57. The molecule has 0 bridgehead atoms. The van der Waals surface area contributed by atoms with Crippen LogP contribution in [0.3, 0.4) is 0 Å². The number of nitrogens with one attached hydrogen (secondary N) is 1. The average Bonchev–Trinajstić information content (AvgIpc) is 3.12. The third-order valence-corrected chi connectivity index (χ3v) is 5.57. The van der Waals surface area contributed by atoms with Crippen molar-refractivity contribution < 1.29 is 18.8 Å². The number of nitrogens with zero attached hydrogens (tertiary/aromatic N) is 2. The molecular weight excluding hydrogens is 389 g/mol. The highest BCUT2D eigenvalue weighted by molar-refractivity contribution is 7.22. The smallest absolute Gasteiger partial charge is 0.233 e. The summed E-state index contributed by atoms with van der Waals surface area (Å²) in [6.45, 7) is 4.05. The largest absolute Gasteiger partial charge is 0.492 e. The average molecular weight is 417 g/mol. The quantitative estimate of drug-likeness (QED) is 0.583. The van der Waals surface area contributed by atoms with Crippen molar-refractivity contribution in [2.75, 3.05) is 38.7 Å². The maximum atomic E-state index is 13.2. The number of para-hydroxylation sites is 1. The standard InChI is InChI=1S/C22H26FN3O2S/c1-4-28-18-7-5-8-19-21(18)24-22(29-19)26(14-6-13-25(2)3)20(27)15-16-9-11-17(23)12-10-16/h5,7-12H,4,6,13-15H2,1-3H3/p+1. The number of carbonyl (C=O) groups is 1. The maximum absolute atomic E-state index is 13.2. The zero-order valence-electron chi connectivity index (χ0n) is 17.1. The van der Waals surface area contributed by atoms with Crippen molar-refractivity contribution in [1.82, 2.24) is 4.98 Å². The van der Waals surface area contributed by atoms with Crippen LogP contribution in [0.4, 0.5) is 9.52 Å². The third-order valence-electron chi connectivity index (χ3n) is 4.53. The van der Waals surface area contributed by atoms with Crippen LogP contribution in [0.2, 0.25) is 0 Å². The number of rotatable bonds is 9. The van der Waals surface area contributed by atoms with E-state index in [0.29, 0.717) is 18.3 Å². The molecule has 29 heavy (non-hydrogen) atoms. The van der Waals surface area contributed by atoms with E-state index in [-0.39, 0.29) is 18.1 Å². The van der Waals surface area contributed by atoms with E-state index in [1.54, 1.807) is 17.0 Å². The summed E-state index contributed by atoms with van der Waals surface area (Å²) < 4.78 is 19.9. The van der Waals surface area contributed by atoms with Gasteiger partial charge < -0.3 is 9.64 Å². The highest BCUT2D eigenvalue weighted by Gasteiger charge is 2.21. The number of halogens is 1. The molecule has 0 saturated carbocycles. The molecule has 0 unspecified atom stereocenters. The van der Waals surface area contributed by atoms with Crippen molar-refractivity contribution in [3.8, 4) is 5.75 Å². The van der Waals surface area contributed by atoms with Crippen LogP contribution < -0.4 is 14.5 Å². The van der Waals surface area contributed by atoms with Crippen LogP contribution in [0.5, 0.6) is 5.75 Å². The van der Waals surface area contributed by atoms with Crippen molar-refractivity contribution in [2.24, 2.45) is 0 Å². The summed E-state index contributed by atoms with van der Waals surface area (Å²) in [6.07, 6.45) is 1.08. The number of carbonyl (C=O) groups excluding carboxylic acids is 1. The van der Waals surface area contributed by atoms with Gasteiger partial charge in [-0.3, -0.25) is 9.69 Å². The molecule has 3 rings (SSSR count). The molecule has 1 amide bonds. The second-order valence-corrected chi connectivity index (χ2v) is 8.20. The fourth-order valence-electron chi connectivity index (χ4n) is 3.09. The first-order valence-electron chi connectivity index (χ1n) is 9.84. The van der Waals surface area contributed by atoms with Gasteiger partial charge in [-0.1, -0.05) is 29.5 Å². The monoisotopic (exact) mass is 416 g/mol. The Bertz CT molecular complexity index is 956. The zero-order valence-corrected chi connectivity index (χ0v) is 17.9. The van der Waals surface area contributed by atoms with Crippen LogP contribution in [0, 0.1) is 5.82 Å². The van der Waals surface area contributed by atoms with Crippen molar-refractivity contribution >= 4 is 32.6 Å². The lowest BCUT2D eigenvalue weighted by molar-refractivity contribution is -0.858. The lowest BCUT2D eigenvalue weighted by atomic mass is 10.1. The summed E-state index contributed by atoms with van der Waals surface area (Å²) in [6, 6.07) is 11.9. The molecule has 0 aliphatic heterocycles. The molecule has 1 aromatic heterocycles. The Kier molecular flexibility index (Phi) is 7.17. The van der Waals surface area contributed by atoms with Crippen molar-refractivity contribution in [2.45, 2.75) is 19.8 Å². The van der Waals surface area contributed by atoms with Crippen molar-refractivity contribution in [3.63, 3.8) is 0 Å². The molecule has 0 saturated heterocycles. The number of thiazole rings is 1. The number of aromatic nitrogens is 1. The number of anilines is 1. The Morgan fingerprint density at radius 3 is 2.66 bits per heavy atom. The molecule has 0 atom stereocenters. The number of hydrogen-bond donors (Lipinski definition) is 1. The first-order valence-corrected chi connectivity index (χ1v) is 10.7. The summed E-state index contributed by atoms with van der Waals surface area (Å²) in [5.74, 6) is 0.389. The van der Waals surface area contributed by atoms with E-state index >= 15 is 0 Å². The van der Waals surface area contributed by atoms with Gasteiger partial charge in [0.25, 0.3) is 0 Å². The van der Waals surface area contributed by atoms with Gasteiger partial charge in [-0.25, -0.2) is 9.37 Å². The summed E-state index contributed by atoms with van der Waals surface area (Å²) >= 11 is 1.49. The van der Waals surface area contributed by atoms with Gasteiger partial charge in [0.2, 0.25) is 5.91 Å². The highest BCUT2D eigenvalue weighted by atomic mass is 32.1. The Balaban J connectivity index is 1.87. The van der Waals surface area contributed by atoms with Crippen LogP contribution in [0.25, 0.3) is 10.2 Å². The summed E-state index contributed by atoms with van der Waals surface area (Å²) in [4.78, 5) is 20.9. The van der Waals surface area contributed by atoms with Gasteiger partial charge in [0.1, 0.15) is 17.1 Å². The van der Waals surface area contributed by atoms with E-state index in [0.717, 1.165) is 34.5 Å². The second kappa shape index (κ2) is 9.80. The lowest BCUT2D eigenvalue weighted by Gasteiger charge is -2.20. The van der Waals surface area contributed by atoms with Gasteiger partial charge in [-0.15, -0.1) is 0 Å². The predicted octanol–water partition coefficient (Wildman–Crippen LogP) is 2.94. The third kappa shape index (κ3) is 5.52. The number of hydrogen-bond acceptors (Lipinski definition) is 4. The molecule has 5 nitrogen and oxygen atoms in total. The fourth-order valence-corrected chi connectivity index (χ4v) is 4.12. The Hall–Kier alpha value is -2.51. The number of fused-ring (bicyclic) bond motifs is 1. The van der Waals surface area contributed by atoms with E-state index in [1.807, 2.05) is 25.1 Å². The fraction of sp³-hybridized carbons (Fsp3) is 0.364. The first kappa shape index (κ1) is 21.2. The zero-order chi connectivity index (χ0) is 20.8. The van der Waals surface area contributed by atoms with Crippen LogP contribution in [-0.4, -0.2) is 44.7 Å². The highest BCUT2D eigenvalue weighted by Crippen LogP contribution is 2.34. The maximum Gasteiger partial charge on any atom is 0.233 e. The molecule has 0 spiro atoms. The molecule has 154 valence electrons. The summed E-state index contributed by atoms with van der Waals surface area (Å²) in [5, 5.41) is 0.674. The minimum Gasteiger partial charge on any atom is -0.492 e. The van der Waals surface area contributed by atoms with E-state index in [1.165, 1.54) is 28.4 Å². The molecule has 0 radical (unpaired) electrons. The Morgan fingerprint density at radius 2 is 1.97 bits per heavy atom. The van der Waals surface area contributed by atoms with E-state index in [9.17, 15) is 9.18 Å². The number of quaternary nitrogens is 1. The molecule has 2 aromatic carbocycles. The van der Waals surface area contributed by atoms with Crippen molar-refractivity contribution in [3.05, 3.63) is 53.8 Å². The van der Waals surface area contributed by atoms with Gasteiger partial charge in [0.05, 0.1) is 38.4 Å². The van der Waals surface area contributed by atoms with Crippen molar-refractivity contribution in [1.29, 1.82) is 0 Å². The number of ether oxygens (including phenoxy) is 1. The molecule has 7 heteroatoms. The van der Waals surface area contributed by atoms with E-state index in [2.05, 4.69) is 14.1 Å². The normalized spacial score (nSPS) is 11.2. The molecule has 0 aliphatic rings. The molecule has 1 heterocycles. The topological polar surface area (TPSA) is 46.9 Å². The van der Waals surface area contributed by atoms with Crippen LogP contribution >= 0.6 is 11.3 Å². The van der Waals surface area contributed by atoms with E-state index in [4.69, 9.17) is 9.72 Å². The van der Waals surface area contributed by atoms with Gasteiger partial charge >= 0.3 is 0 Å². The van der Waals surface area contributed by atoms with Gasteiger partial charge in [0, 0.05) is 13.0 Å². The Morgan fingerprint density at radius 1 is 1.21 bits per heavy atom. The molecule has 0 fully saturated rings. The summed E-state index contributed by atoms with van der Waals surface area (Å²) in [7, 11) is 4.19.